The van der Waals surface area contributed by atoms with E-state index < -0.39 is 0 Å². The van der Waals surface area contributed by atoms with Gasteiger partial charge in [-0.2, -0.15) is 0 Å². The molecule has 19 aromatic rings. The van der Waals surface area contributed by atoms with Crippen molar-refractivity contribution >= 4 is 79.0 Å². The van der Waals surface area contributed by atoms with Crippen LogP contribution in [-0.4, -0.2) is 51.2 Å². The molecule has 2 aliphatic rings. The topological polar surface area (TPSA) is 115 Å². The summed E-state index contributed by atoms with van der Waals surface area (Å²) in [5, 5.41) is 1.93. The Morgan fingerprint density at radius 1 is 0.196 bits per heavy atom. The van der Waals surface area contributed by atoms with E-state index >= 15 is 0 Å². The third kappa shape index (κ3) is 11.6. The van der Waals surface area contributed by atoms with Crippen molar-refractivity contribution in [2.24, 2.45) is 0 Å². The van der Waals surface area contributed by atoms with Gasteiger partial charge in [0.05, 0.1) is 28.1 Å². The van der Waals surface area contributed by atoms with Gasteiger partial charge < -0.3 is 14.4 Å². The Morgan fingerprint density at radius 2 is 0.509 bits per heavy atom. The molecule has 0 saturated heterocycles. The highest BCUT2D eigenvalue weighted by molar-refractivity contribution is 7.00. The molecule has 522 valence electrons. The molecule has 0 amide bonds. The number of aromatic nitrogens is 9. The van der Waals surface area contributed by atoms with Crippen LogP contribution in [0, 0.1) is 0 Å². The van der Waals surface area contributed by atoms with E-state index in [1.165, 1.54) is 16.4 Å². The highest BCUT2D eigenvalue weighted by atomic mass is 15.2. The molecule has 12 heteroatoms. The lowest BCUT2D eigenvalue weighted by atomic mass is 9.33. The summed E-state index contributed by atoms with van der Waals surface area (Å²) < 4.78 is 2.40. The summed E-state index contributed by atoms with van der Waals surface area (Å²) in [6.45, 7) is -0.0208. The van der Waals surface area contributed by atoms with Crippen LogP contribution < -0.4 is 26.2 Å². The Hall–Kier alpha value is -15.1. The van der Waals surface area contributed by atoms with Gasteiger partial charge in [-0.15, -0.1) is 0 Å². The zero-order valence-electron chi connectivity index (χ0n) is 60.4. The molecule has 0 saturated carbocycles. The third-order valence-corrected chi connectivity index (χ3v) is 21.5. The van der Waals surface area contributed by atoms with Crippen LogP contribution in [-0.2, 0) is 0 Å². The lowest BCUT2D eigenvalue weighted by molar-refractivity contribution is 1.07. The Bertz CT molecular complexity index is 6330. The predicted molar refractivity (Wildman–Crippen MR) is 457 cm³/mol. The third-order valence-electron chi connectivity index (χ3n) is 21.5. The number of benzene rings is 15. The van der Waals surface area contributed by atoms with Crippen LogP contribution in [0.1, 0.15) is 0 Å². The van der Waals surface area contributed by atoms with Crippen molar-refractivity contribution in [2.45, 2.75) is 0 Å². The minimum absolute atomic E-state index is 0.0208. The molecular weight excluding hydrogens is 1370 g/mol. The van der Waals surface area contributed by atoms with Crippen LogP contribution >= 0.6 is 0 Å². The molecule has 0 atom stereocenters. The quantitative estimate of drug-likeness (QED) is 0.0975. The molecule has 0 aliphatic carbocycles. The summed E-state index contributed by atoms with van der Waals surface area (Å²) in [5.41, 5.74) is 27.2. The lowest BCUT2D eigenvalue weighted by Crippen LogP contribution is -2.61. The minimum Gasteiger partial charge on any atom is -0.311 e. The summed E-state index contributed by atoms with van der Waals surface area (Å²) in [6, 6.07) is 137. The van der Waals surface area contributed by atoms with Gasteiger partial charge in [0, 0.05) is 101 Å². The second-order valence-corrected chi connectivity index (χ2v) is 28.2. The Labute approximate surface area is 647 Å². The van der Waals surface area contributed by atoms with Crippen molar-refractivity contribution in [3.63, 3.8) is 0 Å². The fourth-order valence-electron chi connectivity index (χ4n) is 16.2. The first-order chi connectivity index (χ1) is 55.5. The van der Waals surface area contributed by atoms with Crippen LogP contribution in [0.25, 0.3) is 152 Å². The largest absolute Gasteiger partial charge is 0.311 e. The van der Waals surface area contributed by atoms with Crippen molar-refractivity contribution in [3.8, 4) is 130 Å². The number of rotatable bonds is 14. The molecule has 0 N–H and O–H groups in total. The summed E-state index contributed by atoms with van der Waals surface area (Å²) in [4.78, 5) is 47.2. The zero-order valence-corrected chi connectivity index (χ0v) is 60.4. The van der Waals surface area contributed by atoms with E-state index in [-0.39, 0.29) is 6.71 Å². The molecule has 2 aliphatic heterocycles. The normalized spacial score (nSPS) is 12.1. The van der Waals surface area contributed by atoms with E-state index in [4.69, 9.17) is 39.9 Å². The van der Waals surface area contributed by atoms with Gasteiger partial charge in [0.15, 0.2) is 40.8 Å². The van der Waals surface area contributed by atoms with Crippen molar-refractivity contribution in [1.29, 1.82) is 0 Å². The standard InChI is InChI=1S/C100H64BN11/c1-9-29-67(30-10-1)84-64-85(68-31-11-2-12-32-68)103-98(102-84)73-53-56-86(79(59-73)66-51-49-65(50-52-66)76-62-91-93-92(63-76)111(78-43-23-8-24-44-78)90-48-28-26-46-83(90)101(93)82-45-25-27-47-89(82)110(91)77-41-21-7-22-42-77)112-87-57-54-74(99-106-94(69-33-13-3-14-34-69)104-95(107-99)70-35-15-4-16-36-70)60-80(87)81-61-75(55-58-88(81)112)100-108-96(71-37-17-5-18-38-71)105-97(109-100)72-39-19-6-20-40-72/h1-64H. The van der Waals surface area contributed by atoms with Crippen molar-refractivity contribution < 1.29 is 0 Å². The monoisotopic (exact) mass is 1430 g/mol. The number of para-hydroxylation sites is 4. The Balaban J connectivity index is 0.794. The zero-order chi connectivity index (χ0) is 74.0. The maximum absolute atomic E-state index is 5.45. The van der Waals surface area contributed by atoms with E-state index in [0.717, 1.165) is 145 Å². The average Bonchev–Trinajstić information content (AvgIpc) is 0.871. The van der Waals surface area contributed by atoms with Gasteiger partial charge in [-0.1, -0.05) is 279 Å². The molecule has 6 heterocycles. The van der Waals surface area contributed by atoms with Gasteiger partial charge in [0.1, 0.15) is 0 Å². The van der Waals surface area contributed by atoms with E-state index in [0.29, 0.717) is 40.8 Å². The summed E-state index contributed by atoms with van der Waals surface area (Å²) in [7, 11) is 0. The van der Waals surface area contributed by atoms with Crippen molar-refractivity contribution in [3.05, 3.63) is 388 Å². The number of anilines is 6. The molecule has 0 bridgehead atoms. The van der Waals surface area contributed by atoms with Crippen LogP contribution in [0.15, 0.2) is 388 Å². The van der Waals surface area contributed by atoms with E-state index in [1.54, 1.807) is 0 Å². The van der Waals surface area contributed by atoms with Gasteiger partial charge in [0.25, 0.3) is 6.71 Å². The molecule has 0 fully saturated rings. The Kier molecular flexibility index (Phi) is 16.1. The fourth-order valence-corrected chi connectivity index (χ4v) is 16.2. The van der Waals surface area contributed by atoms with Gasteiger partial charge in [0.2, 0.25) is 0 Å². The first-order valence-corrected chi connectivity index (χ1v) is 37.7. The molecule has 112 heavy (non-hydrogen) atoms. The number of hydrogen-bond donors (Lipinski definition) is 0. The number of fused-ring (bicyclic) bond motifs is 7. The van der Waals surface area contributed by atoms with Crippen LogP contribution in [0.4, 0.5) is 34.1 Å². The molecule has 0 radical (unpaired) electrons. The fraction of sp³-hybridized carbons (Fsp3) is 0. The number of hydrogen-bond acceptors (Lipinski definition) is 10. The maximum atomic E-state index is 5.45. The molecule has 11 nitrogen and oxygen atoms in total. The molecule has 0 spiro atoms. The molecule has 4 aromatic heterocycles. The van der Waals surface area contributed by atoms with E-state index in [2.05, 4.69) is 269 Å². The van der Waals surface area contributed by atoms with Crippen molar-refractivity contribution in [2.75, 3.05) is 9.80 Å². The SMILES string of the molecule is c1ccc(-c2cc(-c3ccccc3)nc(-c3ccc(-n4c5ccc(-c6nc(-c7ccccc7)nc(-c7ccccc7)n6)cc5c5cc(-c6nc(-c7ccccc7)nc(-c7ccccc7)n6)ccc54)c(-c4ccc(-c5cc6c7c(c5)N(c5ccccc5)c5ccccc5B7c5ccccc5N6c5ccccc5)cc4)c3)n2)cc1. The van der Waals surface area contributed by atoms with Crippen molar-refractivity contribution in [1.82, 2.24) is 44.4 Å². The Morgan fingerprint density at radius 3 is 0.911 bits per heavy atom. The van der Waals surface area contributed by atoms with Crippen LogP contribution in [0.5, 0.6) is 0 Å². The highest BCUT2D eigenvalue weighted by Gasteiger charge is 2.43. The summed E-state index contributed by atoms with van der Waals surface area (Å²) in [5.74, 6) is 3.99. The second kappa shape index (κ2) is 27.6. The molecule has 0 unspecified atom stereocenters. The van der Waals surface area contributed by atoms with Gasteiger partial charge in [-0.25, -0.2) is 39.9 Å². The summed E-state index contributed by atoms with van der Waals surface area (Å²) >= 11 is 0. The van der Waals surface area contributed by atoms with Gasteiger partial charge in [-0.3, -0.25) is 0 Å². The number of nitrogens with zero attached hydrogens (tertiary/aromatic N) is 11. The summed E-state index contributed by atoms with van der Waals surface area (Å²) in [6.07, 6.45) is 0. The second-order valence-electron chi connectivity index (χ2n) is 28.2. The van der Waals surface area contributed by atoms with E-state index in [1.807, 2.05) is 133 Å². The predicted octanol–water partition coefficient (Wildman–Crippen LogP) is 22.4. The average molecular weight is 1430 g/mol. The molecule has 21 rings (SSSR count). The van der Waals surface area contributed by atoms with E-state index in [9.17, 15) is 0 Å². The lowest BCUT2D eigenvalue weighted by Gasteiger charge is -2.44. The minimum atomic E-state index is -0.0208. The highest BCUT2D eigenvalue weighted by Crippen LogP contribution is 2.48. The van der Waals surface area contributed by atoms with Gasteiger partial charge in [-0.05, 0) is 142 Å². The van der Waals surface area contributed by atoms with Crippen LogP contribution in [0.3, 0.4) is 0 Å². The maximum Gasteiger partial charge on any atom is 0.252 e. The smallest absolute Gasteiger partial charge is 0.252 e. The first kappa shape index (κ1) is 65.2. The molecule has 15 aromatic carbocycles. The first-order valence-electron chi connectivity index (χ1n) is 37.7. The van der Waals surface area contributed by atoms with Gasteiger partial charge >= 0.3 is 0 Å². The van der Waals surface area contributed by atoms with Crippen LogP contribution in [0.2, 0.25) is 0 Å². The molecular formula is C100H64BN11.